The van der Waals surface area contributed by atoms with E-state index in [1.165, 1.54) is 0 Å². The molecule has 0 spiro atoms. The Hall–Kier alpha value is -0.570. The van der Waals surface area contributed by atoms with Crippen molar-refractivity contribution in [2.45, 2.75) is 39.7 Å². The zero-order valence-corrected chi connectivity index (χ0v) is 8.63. The Labute approximate surface area is 79.4 Å². The topological polar surface area (TPSA) is 38.8 Å². The van der Waals surface area contributed by atoms with E-state index in [9.17, 15) is 4.79 Å². The van der Waals surface area contributed by atoms with E-state index < -0.39 is 0 Å². The summed E-state index contributed by atoms with van der Waals surface area (Å²) in [6, 6.07) is 0. The van der Waals surface area contributed by atoms with Gasteiger partial charge in [0, 0.05) is 0 Å². The Kier molecular flexibility index (Phi) is 3.31. The monoisotopic (exact) mass is 186 g/mol. The van der Waals surface area contributed by atoms with Crippen LogP contribution in [0.15, 0.2) is 0 Å². The maximum atomic E-state index is 11.7. The Morgan fingerprint density at radius 3 is 2.31 bits per heavy atom. The molecule has 76 valence electrons. The predicted octanol–water partition coefficient (Wildman–Crippen LogP) is 1.75. The van der Waals surface area contributed by atoms with Gasteiger partial charge in [-0.15, -0.1) is 0 Å². The molecule has 0 radical (unpaired) electrons. The molecule has 1 fully saturated rings. The molecular weight excluding hydrogens is 168 g/mol. The highest BCUT2D eigenvalue weighted by molar-refractivity contribution is 5.78. The summed E-state index contributed by atoms with van der Waals surface area (Å²) in [5.41, 5.74) is -0.379. The van der Waals surface area contributed by atoms with Crippen molar-refractivity contribution in [2.24, 2.45) is 5.41 Å². The van der Waals surface area contributed by atoms with E-state index in [4.69, 9.17) is 9.47 Å². The number of hydrogen-bond acceptors (Lipinski definition) is 3. The molecule has 0 N–H and O–H groups in total. The molecule has 1 rings (SSSR count). The lowest BCUT2D eigenvalue weighted by molar-refractivity contribution is -0.157. The summed E-state index contributed by atoms with van der Waals surface area (Å²) in [7, 11) is 0. The van der Waals surface area contributed by atoms with E-state index in [0.29, 0.717) is 13.2 Å². The summed E-state index contributed by atoms with van der Waals surface area (Å²) in [6.07, 6.45) is 1.70. The van der Waals surface area contributed by atoms with Crippen LogP contribution in [-0.2, 0) is 14.3 Å². The van der Waals surface area contributed by atoms with Crippen molar-refractivity contribution >= 4 is 5.97 Å². The first kappa shape index (κ1) is 10.5. The molecule has 13 heavy (non-hydrogen) atoms. The number of carbonyl (C=O) groups excluding carboxylic acids is 1. The molecule has 0 aromatic carbocycles. The van der Waals surface area contributed by atoms with Crippen LogP contribution in [0.25, 0.3) is 0 Å². The minimum Gasteiger partial charge on any atom is -0.465 e. The molecule has 1 heterocycles. The van der Waals surface area contributed by atoms with Crippen LogP contribution in [0.5, 0.6) is 0 Å². The van der Waals surface area contributed by atoms with Gasteiger partial charge in [0.1, 0.15) is 0 Å². The van der Waals surface area contributed by atoms with E-state index in [1.807, 2.05) is 20.8 Å². The van der Waals surface area contributed by atoms with E-state index in [-0.39, 0.29) is 17.5 Å². The molecule has 0 aromatic rings. The Bertz CT molecular complexity index is 181. The SMILES string of the molecule is CCOC(=O)C(CC)(CC)C1CO1. The normalized spacial score (nSPS) is 21.3. The fourth-order valence-electron chi connectivity index (χ4n) is 1.77. The molecule has 0 aliphatic carbocycles. The first-order chi connectivity index (χ1) is 6.21. The summed E-state index contributed by atoms with van der Waals surface area (Å²) in [4.78, 5) is 11.7. The van der Waals surface area contributed by atoms with Crippen molar-refractivity contribution in [3.8, 4) is 0 Å². The molecule has 0 amide bonds. The van der Waals surface area contributed by atoms with Crippen LogP contribution in [0.1, 0.15) is 33.6 Å². The molecule has 0 saturated carbocycles. The van der Waals surface area contributed by atoms with Crippen molar-refractivity contribution in [3.63, 3.8) is 0 Å². The number of hydrogen-bond donors (Lipinski definition) is 0. The third kappa shape index (κ3) is 1.85. The van der Waals surface area contributed by atoms with Gasteiger partial charge in [-0.25, -0.2) is 0 Å². The molecule has 1 saturated heterocycles. The average Bonchev–Trinajstić information content (AvgIpc) is 2.92. The fourth-order valence-corrected chi connectivity index (χ4v) is 1.77. The van der Waals surface area contributed by atoms with Crippen LogP contribution < -0.4 is 0 Å². The molecule has 1 unspecified atom stereocenters. The molecule has 1 atom stereocenters. The van der Waals surface area contributed by atoms with Crippen LogP contribution in [-0.4, -0.2) is 25.3 Å². The smallest absolute Gasteiger partial charge is 0.314 e. The van der Waals surface area contributed by atoms with E-state index in [2.05, 4.69) is 0 Å². The summed E-state index contributed by atoms with van der Waals surface area (Å²) >= 11 is 0. The van der Waals surface area contributed by atoms with Gasteiger partial charge in [0.2, 0.25) is 0 Å². The second-order valence-corrected chi connectivity index (χ2v) is 3.41. The standard InChI is InChI=1S/C10H18O3/c1-4-10(5-2,8-7-13-8)9(11)12-6-3/h8H,4-7H2,1-3H3. The molecule has 1 aliphatic rings. The second-order valence-electron chi connectivity index (χ2n) is 3.41. The lowest BCUT2D eigenvalue weighted by Crippen LogP contribution is -2.37. The molecule has 0 bridgehead atoms. The lowest BCUT2D eigenvalue weighted by Gasteiger charge is -2.26. The first-order valence-electron chi connectivity index (χ1n) is 5.00. The molecular formula is C10H18O3. The minimum atomic E-state index is -0.379. The number of epoxide rings is 1. The molecule has 1 aliphatic heterocycles. The predicted molar refractivity (Wildman–Crippen MR) is 49.4 cm³/mol. The fraction of sp³-hybridized carbons (Fsp3) is 0.900. The molecule has 0 aromatic heterocycles. The van der Waals surface area contributed by atoms with Crippen LogP contribution >= 0.6 is 0 Å². The van der Waals surface area contributed by atoms with Crippen LogP contribution in [0, 0.1) is 5.41 Å². The highest BCUT2D eigenvalue weighted by Crippen LogP contribution is 2.40. The minimum absolute atomic E-state index is 0.0949. The average molecular weight is 186 g/mol. The zero-order valence-electron chi connectivity index (χ0n) is 8.63. The van der Waals surface area contributed by atoms with Gasteiger partial charge in [-0.1, -0.05) is 13.8 Å². The van der Waals surface area contributed by atoms with Gasteiger partial charge < -0.3 is 9.47 Å². The van der Waals surface area contributed by atoms with Crippen molar-refractivity contribution in [1.29, 1.82) is 0 Å². The summed E-state index contributed by atoms with van der Waals surface area (Å²) in [5, 5.41) is 0. The van der Waals surface area contributed by atoms with Gasteiger partial charge in [0.25, 0.3) is 0 Å². The van der Waals surface area contributed by atoms with Crippen LogP contribution in [0.3, 0.4) is 0 Å². The Morgan fingerprint density at radius 2 is 2.00 bits per heavy atom. The Balaban J connectivity index is 2.69. The van der Waals surface area contributed by atoms with Gasteiger partial charge in [0.05, 0.1) is 24.7 Å². The van der Waals surface area contributed by atoms with Gasteiger partial charge in [0.15, 0.2) is 0 Å². The second kappa shape index (κ2) is 4.09. The maximum absolute atomic E-state index is 11.7. The van der Waals surface area contributed by atoms with Crippen molar-refractivity contribution in [2.75, 3.05) is 13.2 Å². The van der Waals surface area contributed by atoms with Gasteiger partial charge in [-0.3, -0.25) is 4.79 Å². The number of esters is 1. The highest BCUT2D eigenvalue weighted by Gasteiger charge is 2.51. The van der Waals surface area contributed by atoms with Crippen molar-refractivity contribution < 1.29 is 14.3 Å². The Morgan fingerprint density at radius 1 is 1.46 bits per heavy atom. The first-order valence-corrected chi connectivity index (χ1v) is 5.00. The highest BCUT2D eigenvalue weighted by atomic mass is 16.6. The summed E-state index contributed by atoms with van der Waals surface area (Å²) < 4.78 is 10.3. The van der Waals surface area contributed by atoms with Crippen molar-refractivity contribution in [1.82, 2.24) is 0 Å². The van der Waals surface area contributed by atoms with Gasteiger partial charge >= 0.3 is 5.97 Å². The van der Waals surface area contributed by atoms with E-state index in [1.54, 1.807) is 0 Å². The summed E-state index contributed by atoms with van der Waals surface area (Å²) in [5.74, 6) is -0.0949. The lowest BCUT2D eigenvalue weighted by atomic mass is 9.79. The number of rotatable bonds is 5. The number of ether oxygens (including phenoxy) is 2. The zero-order chi connectivity index (χ0) is 9.90. The maximum Gasteiger partial charge on any atom is 0.314 e. The van der Waals surface area contributed by atoms with Crippen molar-refractivity contribution in [3.05, 3.63) is 0 Å². The van der Waals surface area contributed by atoms with E-state index >= 15 is 0 Å². The largest absolute Gasteiger partial charge is 0.465 e. The number of carbonyl (C=O) groups is 1. The van der Waals surface area contributed by atoms with Gasteiger partial charge in [-0.05, 0) is 19.8 Å². The van der Waals surface area contributed by atoms with E-state index in [0.717, 1.165) is 12.8 Å². The summed E-state index contributed by atoms with van der Waals surface area (Å²) in [6.45, 7) is 7.03. The third-order valence-corrected chi connectivity index (χ3v) is 2.89. The van der Waals surface area contributed by atoms with Crippen LogP contribution in [0.4, 0.5) is 0 Å². The molecule has 3 heteroatoms. The molecule has 3 nitrogen and oxygen atoms in total. The quantitative estimate of drug-likeness (QED) is 0.485. The van der Waals surface area contributed by atoms with Gasteiger partial charge in [-0.2, -0.15) is 0 Å². The third-order valence-electron chi connectivity index (χ3n) is 2.89. The van der Waals surface area contributed by atoms with Crippen LogP contribution in [0.2, 0.25) is 0 Å².